The highest BCUT2D eigenvalue weighted by Gasteiger charge is 2.31. The highest BCUT2D eigenvalue weighted by Crippen LogP contribution is 2.34. The van der Waals surface area contributed by atoms with Crippen molar-refractivity contribution in [2.45, 2.75) is 44.9 Å². The van der Waals surface area contributed by atoms with E-state index >= 15 is 0 Å². The molecule has 1 aromatic rings. The largest absolute Gasteiger partial charge is 0.497 e. The third-order valence-electron chi connectivity index (χ3n) is 3.99. The number of methoxy groups -OCH3 is 2. The van der Waals surface area contributed by atoms with Crippen LogP contribution in [0.2, 0.25) is 0 Å². The summed E-state index contributed by atoms with van der Waals surface area (Å²) < 4.78 is 16.7. The van der Waals surface area contributed by atoms with Gasteiger partial charge < -0.3 is 19.5 Å². The molecule has 3 unspecified atom stereocenters. The summed E-state index contributed by atoms with van der Waals surface area (Å²) in [6.45, 7) is 5.75. The molecule has 0 aromatic heterocycles. The topological polar surface area (TPSA) is 39.7 Å². The SMILES string of the molecule is CCNC1c2ccc(OC)cc2CCC1OC(C)COC. The number of ether oxygens (including phenoxy) is 3. The normalized spacial score (nSPS) is 22.7. The van der Waals surface area contributed by atoms with Crippen LogP contribution in [0.15, 0.2) is 18.2 Å². The molecule has 0 heterocycles. The number of likely N-dealkylation sites (N-methyl/N-ethyl adjacent to an activating group) is 1. The van der Waals surface area contributed by atoms with E-state index in [1.165, 1.54) is 11.1 Å². The molecule has 0 bridgehead atoms. The van der Waals surface area contributed by atoms with E-state index in [4.69, 9.17) is 14.2 Å². The zero-order valence-corrected chi connectivity index (χ0v) is 13.5. The lowest BCUT2D eigenvalue weighted by molar-refractivity contribution is -0.0595. The van der Waals surface area contributed by atoms with Gasteiger partial charge in [0.1, 0.15) is 5.75 Å². The van der Waals surface area contributed by atoms with Crippen molar-refractivity contribution < 1.29 is 14.2 Å². The monoisotopic (exact) mass is 293 g/mol. The average Bonchev–Trinajstić information content (AvgIpc) is 2.49. The highest BCUT2D eigenvalue weighted by molar-refractivity contribution is 5.40. The van der Waals surface area contributed by atoms with Crippen LogP contribution in [0.3, 0.4) is 0 Å². The molecule has 1 N–H and O–H groups in total. The Balaban J connectivity index is 2.17. The lowest BCUT2D eigenvalue weighted by Gasteiger charge is -2.35. The Bertz CT molecular complexity index is 450. The van der Waals surface area contributed by atoms with Gasteiger partial charge in [-0.1, -0.05) is 13.0 Å². The Labute approximate surface area is 127 Å². The third-order valence-corrected chi connectivity index (χ3v) is 3.99. The number of hydrogen-bond donors (Lipinski definition) is 1. The van der Waals surface area contributed by atoms with E-state index in [1.807, 2.05) is 6.07 Å². The van der Waals surface area contributed by atoms with Crippen LogP contribution in [-0.4, -0.2) is 39.6 Å². The summed E-state index contributed by atoms with van der Waals surface area (Å²) in [6, 6.07) is 6.58. The average molecular weight is 293 g/mol. The Morgan fingerprint density at radius 1 is 1.33 bits per heavy atom. The van der Waals surface area contributed by atoms with E-state index in [9.17, 15) is 0 Å². The van der Waals surface area contributed by atoms with Gasteiger partial charge in [0.15, 0.2) is 0 Å². The van der Waals surface area contributed by atoms with E-state index in [0.717, 1.165) is 25.1 Å². The summed E-state index contributed by atoms with van der Waals surface area (Å²) in [7, 11) is 3.43. The molecule has 0 radical (unpaired) electrons. The summed E-state index contributed by atoms with van der Waals surface area (Å²) in [5.41, 5.74) is 2.69. The summed E-state index contributed by atoms with van der Waals surface area (Å²) in [5, 5.41) is 3.57. The highest BCUT2D eigenvalue weighted by atomic mass is 16.5. The molecule has 2 rings (SSSR count). The van der Waals surface area contributed by atoms with Crippen LogP contribution >= 0.6 is 0 Å². The maximum atomic E-state index is 6.19. The molecule has 21 heavy (non-hydrogen) atoms. The zero-order valence-electron chi connectivity index (χ0n) is 13.5. The Kier molecular flexibility index (Phi) is 6.03. The van der Waals surface area contributed by atoms with Crippen LogP contribution < -0.4 is 10.1 Å². The molecule has 4 heteroatoms. The van der Waals surface area contributed by atoms with Gasteiger partial charge in [0.05, 0.1) is 32.0 Å². The standard InChI is InChI=1S/C17H27NO3/c1-5-18-17-15-8-7-14(20-4)10-13(15)6-9-16(17)21-12(2)11-19-3/h7-8,10,12,16-18H,5-6,9,11H2,1-4H3. The van der Waals surface area contributed by atoms with Gasteiger partial charge in [0, 0.05) is 7.11 Å². The summed E-state index contributed by atoms with van der Waals surface area (Å²) in [4.78, 5) is 0. The van der Waals surface area contributed by atoms with Crippen LogP contribution in [0, 0.1) is 0 Å². The second kappa shape index (κ2) is 7.78. The smallest absolute Gasteiger partial charge is 0.119 e. The number of benzene rings is 1. The molecule has 0 spiro atoms. The molecule has 0 saturated heterocycles. The van der Waals surface area contributed by atoms with Crippen LogP contribution in [0.1, 0.15) is 37.4 Å². The predicted molar refractivity (Wildman–Crippen MR) is 83.9 cm³/mol. The second-order valence-electron chi connectivity index (χ2n) is 5.58. The molecular formula is C17H27NO3. The number of hydrogen-bond acceptors (Lipinski definition) is 4. The van der Waals surface area contributed by atoms with E-state index < -0.39 is 0 Å². The van der Waals surface area contributed by atoms with Crippen molar-refractivity contribution >= 4 is 0 Å². The molecule has 0 aliphatic heterocycles. The van der Waals surface area contributed by atoms with Gasteiger partial charge in [-0.3, -0.25) is 0 Å². The molecular weight excluding hydrogens is 266 g/mol. The molecule has 1 aromatic carbocycles. The van der Waals surface area contributed by atoms with Gasteiger partial charge in [-0.25, -0.2) is 0 Å². The van der Waals surface area contributed by atoms with Crippen LogP contribution in [-0.2, 0) is 15.9 Å². The first-order valence-electron chi connectivity index (χ1n) is 7.74. The van der Waals surface area contributed by atoms with E-state index in [-0.39, 0.29) is 18.2 Å². The maximum absolute atomic E-state index is 6.19. The minimum absolute atomic E-state index is 0.112. The molecule has 1 aliphatic rings. The first-order chi connectivity index (χ1) is 10.2. The van der Waals surface area contributed by atoms with E-state index in [0.29, 0.717) is 6.61 Å². The number of rotatable bonds is 7. The molecule has 3 atom stereocenters. The molecule has 118 valence electrons. The molecule has 0 amide bonds. The summed E-state index contributed by atoms with van der Waals surface area (Å²) in [6.07, 6.45) is 2.35. The summed E-state index contributed by atoms with van der Waals surface area (Å²) >= 11 is 0. The molecule has 4 nitrogen and oxygen atoms in total. The van der Waals surface area contributed by atoms with Crippen molar-refractivity contribution in [1.82, 2.24) is 5.32 Å². The fourth-order valence-corrected chi connectivity index (χ4v) is 3.07. The van der Waals surface area contributed by atoms with Gasteiger partial charge in [0.2, 0.25) is 0 Å². The number of fused-ring (bicyclic) bond motifs is 1. The zero-order chi connectivity index (χ0) is 15.2. The lowest BCUT2D eigenvalue weighted by Crippen LogP contribution is -2.40. The van der Waals surface area contributed by atoms with Crippen molar-refractivity contribution in [1.29, 1.82) is 0 Å². The fraction of sp³-hybridized carbons (Fsp3) is 0.647. The molecule has 0 saturated carbocycles. The van der Waals surface area contributed by atoms with E-state index in [2.05, 4.69) is 31.3 Å². The Morgan fingerprint density at radius 3 is 2.81 bits per heavy atom. The minimum Gasteiger partial charge on any atom is -0.497 e. The van der Waals surface area contributed by atoms with Crippen molar-refractivity contribution in [3.8, 4) is 5.75 Å². The van der Waals surface area contributed by atoms with Crippen molar-refractivity contribution in [3.05, 3.63) is 29.3 Å². The van der Waals surface area contributed by atoms with Gasteiger partial charge >= 0.3 is 0 Å². The Hall–Kier alpha value is -1.10. The quantitative estimate of drug-likeness (QED) is 0.839. The predicted octanol–water partition coefficient (Wildman–Crippen LogP) is 2.71. The third kappa shape index (κ3) is 3.96. The van der Waals surface area contributed by atoms with Crippen LogP contribution in [0.25, 0.3) is 0 Å². The minimum atomic E-state index is 0.112. The fourth-order valence-electron chi connectivity index (χ4n) is 3.07. The maximum Gasteiger partial charge on any atom is 0.119 e. The molecule has 0 fully saturated rings. The first kappa shape index (κ1) is 16.3. The van der Waals surface area contributed by atoms with Gasteiger partial charge in [0.25, 0.3) is 0 Å². The first-order valence-corrected chi connectivity index (χ1v) is 7.74. The Morgan fingerprint density at radius 2 is 2.14 bits per heavy atom. The van der Waals surface area contributed by atoms with Crippen molar-refractivity contribution in [2.75, 3.05) is 27.4 Å². The lowest BCUT2D eigenvalue weighted by atomic mass is 9.85. The second-order valence-corrected chi connectivity index (χ2v) is 5.58. The van der Waals surface area contributed by atoms with Crippen molar-refractivity contribution in [3.63, 3.8) is 0 Å². The summed E-state index contributed by atoms with van der Waals surface area (Å²) in [5.74, 6) is 0.927. The number of nitrogens with one attached hydrogen (secondary N) is 1. The number of aryl methyl sites for hydroxylation is 1. The van der Waals surface area contributed by atoms with Crippen LogP contribution in [0.5, 0.6) is 5.75 Å². The van der Waals surface area contributed by atoms with E-state index in [1.54, 1.807) is 14.2 Å². The van der Waals surface area contributed by atoms with Gasteiger partial charge in [-0.15, -0.1) is 0 Å². The van der Waals surface area contributed by atoms with Gasteiger partial charge in [-0.2, -0.15) is 0 Å². The van der Waals surface area contributed by atoms with Crippen LogP contribution in [0.4, 0.5) is 0 Å². The van der Waals surface area contributed by atoms with Gasteiger partial charge in [-0.05, 0) is 49.6 Å². The van der Waals surface area contributed by atoms with Crippen molar-refractivity contribution in [2.24, 2.45) is 0 Å². The molecule has 1 aliphatic carbocycles.